The van der Waals surface area contributed by atoms with Gasteiger partial charge in [0.05, 0.1) is 30.4 Å². The van der Waals surface area contributed by atoms with Crippen molar-refractivity contribution in [3.8, 4) is 17.0 Å². The van der Waals surface area contributed by atoms with Gasteiger partial charge in [0.15, 0.2) is 10.3 Å². The number of ether oxygens (including phenoxy) is 1. The van der Waals surface area contributed by atoms with E-state index >= 15 is 0 Å². The van der Waals surface area contributed by atoms with Crippen LogP contribution in [0.5, 0.6) is 5.75 Å². The van der Waals surface area contributed by atoms with E-state index < -0.39 is 0 Å². The second kappa shape index (κ2) is 9.41. The van der Waals surface area contributed by atoms with Crippen LogP contribution in [0.1, 0.15) is 31.5 Å². The van der Waals surface area contributed by atoms with Crippen LogP contribution in [0.15, 0.2) is 71.3 Å². The van der Waals surface area contributed by atoms with Gasteiger partial charge in [-0.05, 0) is 30.5 Å². The van der Waals surface area contributed by atoms with E-state index in [1.807, 2.05) is 41.9 Å². The fourth-order valence-corrected chi connectivity index (χ4v) is 5.71. The highest BCUT2D eigenvalue weighted by atomic mass is 32.2. The van der Waals surface area contributed by atoms with Gasteiger partial charge in [-0.2, -0.15) is 0 Å². The summed E-state index contributed by atoms with van der Waals surface area (Å²) in [5.41, 5.74) is 3.97. The van der Waals surface area contributed by atoms with E-state index in [1.54, 1.807) is 30.7 Å². The molecule has 1 fully saturated rings. The number of thiazole rings is 1. The molecule has 4 aromatic rings. The minimum atomic E-state index is -0.107. The molecule has 6 nitrogen and oxygen atoms in total. The topological polar surface area (TPSA) is 60.2 Å². The Balaban J connectivity index is 1.37. The van der Waals surface area contributed by atoms with E-state index in [1.165, 1.54) is 35.4 Å². The average molecular weight is 477 g/mol. The number of imidazole rings is 1. The largest absolute Gasteiger partial charge is 0.495 e. The Kier molecular flexibility index (Phi) is 6.20. The summed E-state index contributed by atoms with van der Waals surface area (Å²) in [7, 11) is 1.60. The molecular weight excluding hydrogens is 452 g/mol. The number of carbonyl (C=O) groups is 1. The second-order valence-electron chi connectivity index (χ2n) is 7.83. The van der Waals surface area contributed by atoms with Gasteiger partial charge in [-0.1, -0.05) is 54.2 Å². The van der Waals surface area contributed by atoms with Gasteiger partial charge in [-0.15, -0.1) is 11.3 Å². The van der Waals surface area contributed by atoms with Crippen LogP contribution in [0.3, 0.4) is 0 Å². The monoisotopic (exact) mass is 476 g/mol. The van der Waals surface area contributed by atoms with Crippen LogP contribution in [0.4, 0.5) is 10.8 Å². The number of rotatable bonds is 8. The molecule has 0 atom stereocenters. The van der Waals surface area contributed by atoms with Crippen molar-refractivity contribution in [3.63, 3.8) is 0 Å². The molecule has 2 aromatic heterocycles. The zero-order valence-electron chi connectivity index (χ0n) is 18.5. The number of carbonyl (C=O) groups excluding carboxylic acids is 1. The third-order valence-electron chi connectivity index (χ3n) is 5.47. The number of methoxy groups -OCH3 is 1. The lowest BCUT2D eigenvalue weighted by Crippen LogP contribution is -2.23. The number of aromatic nitrogens is 3. The predicted octanol–water partition coefficient (Wildman–Crippen LogP) is 6.33. The molecule has 33 heavy (non-hydrogen) atoms. The summed E-state index contributed by atoms with van der Waals surface area (Å²) >= 11 is 3.15. The molecule has 8 heteroatoms. The van der Waals surface area contributed by atoms with Gasteiger partial charge in [0.25, 0.3) is 0 Å². The summed E-state index contributed by atoms with van der Waals surface area (Å²) < 4.78 is 7.82. The molecule has 0 radical (unpaired) electrons. The van der Waals surface area contributed by atoms with Gasteiger partial charge in [-0.25, -0.2) is 9.97 Å². The van der Waals surface area contributed by atoms with Gasteiger partial charge in [0.1, 0.15) is 5.75 Å². The molecule has 0 N–H and O–H groups in total. The highest BCUT2D eigenvalue weighted by molar-refractivity contribution is 7.98. The Morgan fingerprint density at radius 2 is 1.94 bits per heavy atom. The molecule has 2 heterocycles. The molecule has 0 unspecified atom stereocenters. The summed E-state index contributed by atoms with van der Waals surface area (Å²) in [6, 6.07) is 18.4. The molecule has 2 aromatic carbocycles. The van der Waals surface area contributed by atoms with E-state index in [-0.39, 0.29) is 5.91 Å². The number of anilines is 2. The number of nitrogens with zero attached hydrogens (tertiary/aromatic N) is 4. The molecule has 0 aliphatic heterocycles. The Bertz CT molecular complexity index is 1260. The van der Waals surface area contributed by atoms with Gasteiger partial charge in [0, 0.05) is 24.1 Å². The molecule has 168 valence electrons. The third kappa shape index (κ3) is 4.54. The van der Waals surface area contributed by atoms with Crippen LogP contribution >= 0.6 is 23.1 Å². The maximum absolute atomic E-state index is 12.5. The second-order valence-corrected chi connectivity index (χ2v) is 9.61. The quantitative estimate of drug-likeness (QED) is 0.278. The summed E-state index contributed by atoms with van der Waals surface area (Å²) in [6.45, 7) is 1.54. The van der Waals surface area contributed by atoms with Crippen molar-refractivity contribution in [2.75, 3.05) is 12.0 Å². The van der Waals surface area contributed by atoms with Crippen molar-refractivity contribution < 1.29 is 9.53 Å². The van der Waals surface area contributed by atoms with Crippen LogP contribution in [0.2, 0.25) is 0 Å². The highest BCUT2D eigenvalue weighted by Gasteiger charge is 2.29. The predicted molar refractivity (Wildman–Crippen MR) is 133 cm³/mol. The lowest BCUT2D eigenvalue weighted by molar-refractivity contribution is -0.115. The Labute approximate surface area is 201 Å². The van der Waals surface area contributed by atoms with Crippen molar-refractivity contribution in [3.05, 3.63) is 71.9 Å². The SMILES string of the molecule is COc1ccccc1N(C(C)=O)c1nc(CSc2ncc(-c3ccccc3)n2C2CC2)cs1. The highest BCUT2D eigenvalue weighted by Crippen LogP contribution is 2.42. The van der Waals surface area contributed by atoms with E-state index in [2.05, 4.69) is 28.8 Å². The lowest BCUT2D eigenvalue weighted by atomic mass is 10.2. The van der Waals surface area contributed by atoms with E-state index in [0.717, 1.165) is 10.9 Å². The molecule has 5 rings (SSSR count). The number of hydrogen-bond acceptors (Lipinski definition) is 6. The fourth-order valence-electron chi connectivity index (χ4n) is 3.78. The maximum atomic E-state index is 12.5. The maximum Gasteiger partial charge on any atom is 0.230 e. The minimum Gasteiger partial charge on any atom is -0.495 e. The molecule has 1 saturated carbocycles. The van der Waals surface area contributed by atoms with Crippen LogP contribution in [-0.2, 0) is 10.5 Å². The first-order valence-corrected chi connectivity index (χ1v) is 12.7. The minimum absolute atomic E-state index is 0.107. The molecular formula is C25H24N4O2S2. The smallest absolute Gasteiger partial charge is 0.230 e. The van der Waals surface area contributed by atoms with Crippen molar-refractivity contribution in [1.82, 2.24) is 14.5 Å². The van der Waals surface area contributed by atoms with E-state index in [0.29, 0.717) is 28.4 Å². The summed E-state index contributed by atoms with van der Waals surface area (Å²) in [4.78, 5) is 23.6. The number of amides is 1. The standard InChI is InChI=1S/C25H24N4O2S2/c1-17(30)28(21-10-6-7-11-23(21)31-2)25-27-19(16-33-25)15-32-24-26-14-22(29(24)20-12-13-20)18-8-4-3-5-9-18/h3-11,14,16,20H,12-13,15H2,1-2H3. The van der Waals surface area contributed by atoms with Crippen LogP contribution < -0.4 is 9.64 Å². The van der Waals surface area contributed by atoms with E-state index in [9.17, 15) is 4.79 Å². The first-order chi connectivity index (χ1) is 16.2. The Morgan fingerprint density at radius 3 is 2.67 bits per heavy atom. The summed E-state index contributed by atoms with van der Waals surface area (Å²) in [6.07, 6.45) is 4.36. The van der Waals surface area contributed by atoms with Crippen molar-refractivity contribution in [2.24, 2.45) is 0 Å². The summed E-state index contributed by atoms with van der Waals surface area (Å²) in [5, 5.41) is 3.66. The molecule has 1 aliphatic carbocycles. The first-order valence-electron chi connectivity index (χ1n) is 10.8. The molecule has 0 saturated heterocycles. The normalized spacial score (nSPS) is 13.2. The number of para-hydroxylation sites is 2. The van der Waals surface area contributed by atoms with Crippen LogP contribution in [-0.4, -0.2) is 27.6 Å². The average Bonchev–Trinajstić information content (AvgIpc) is 3.42. The zero-order chi connectivity index (χ0) is 22.8. The Morgan fingerprint density at radius 1 is 1.18 bits per heavy atom. The number of benzene rings is 2. The van der Waals surface area contributed by atoms with Crippen molar-refractivity contribution >= 4 is 39.8 Å². The summed E-state index contributed by atoms with van der Waals surface area (Å²) in [5.74, 6) is 1.22. The van der Waals surface area contributed by atoms with Crippen LogP contribution in [0.25, 0.3) is 11.3 Å². The zero-order valence-corrected chi connectivity index (χ0v) is 20.1. The van der Waals surface area contributed by atoms with Gasteiger partial charge in [0.2, 0.25) is 5.91 Å². The Hall–Kier alpha value is -3.10. The van der Waals surface area contributed by atoms with Crippen molar-refractivity contribution in [2.45, 2.75) is 36.7 Å². The fraction of sp³-hybridized carbons (Fsp3) is 0.240. The number of thioether (sulfide) groups is 1. The van der Waals surface area contributed by atoms with Gasteiger partial charge < -0.3 is 9.30 Å². The van der Waals surface area contributed by atoms with Gasteiger partial charge in [-0.3, -0.25) is 9.69 Å². The number of hydrogen-bond donors (Lipinski definition) is 0. The molecule has 1 amide bonds. The first kappa shape index (κ1) is 21.7. The van der Waals surface area contributed by atoms with Crippen LogP contribution in [0, 0.1) is 0 Å². The lowest BCUT2D eigenvalue weighted by Gasteiger charge is -2.20. The molecule has 0 spiro atoms. The molecule has 0 bridgehead atoms. The van der Waals surface area contributed by atoms with Gasteiger partial charge >= 0.3 is 0 Å². The molecule has 1 aliphatic rings. The van der Waals surface area contributed by atoms with E-state index in [4.69, 9.17) is 14.7 Å². The van der Waals surface area contributed by atoms with Crippen molar-refractivity contribution in [1.29, 1.82) is 0 Å². The third-order valence-corrected chi connectivity index (χ3v) is 7.34.